The van der Waals surface area contributed by atoms with Crippen LogP contribution in [0.3, 0.4) is 0 Å². The Morgan fingerprint density at radius 2 is 0.518 bits per heavy atom. The Hall–Kier alpha value is -17.8. The van der Waals surface area contributed by atoms with E-state index in [4.69, 9.17) is 9.97 Å². The van der Waals surface area contributed by atoms with Crippen LogP contribution >= 0.6 is 0 Å². The number of imidazole rings is 2. The minimum absolute atomic E-state index is 0. The second-order valence-corrected chi connectivity index (χ2v) is 35.2. The van der Waals surface area contributed by atoms with Gasteiger partial charge in [-0.25, -0.2) is 9.97 Å². The number of rotatable bonds is 10. The van der Waals surface area contributed by atoms with Crippen molar-refractivity contribution >= 4 is 152 Å². The predicted octanol–water partition coefficient (Wildman–Crippen LogP) is 34.8. The molecule has 0 saturated heterocycles. The van der Waals surface area contributed by atoms with Crippen LogP contribution in [0.15, 0.2) is 504 Å². The van der Waals surface area contributed by atoms with Crippen LogP contribution in [0, 0.1) is 18.2 Å². The van der Waals surface area contributed by atoms with Crippen molar-refractivity contribution in [3.8, 4) is 89.5 Å². The number of nitrogens with zero attached hydrogens (tertiary/aromatic N) is 7. The summed E-state index contributed by atoms with van der Waals surface area (Å²) >= 11 is 0. The predicted molar refractivity (Wildman–Crippen MR) is 589 cm³/mol. The Labute approximate surface area is 830 Å². The number of aromatic nitrogens is 7. The van der Waals surface area contributed by atoms with Gasteiger partial charge >= 0.3 is 20.1 Å². The fourth-order valence-corrected chi connectivity index (χ4v) is 20.3. The molecule has 141 heavy (non-hydrogen) atoms. The van der Waals surface area contributed by atoms with Crippen molar-refractivity contribution in [1.29, 1.82) is 0 Å². The van der Waals surface area contributed by atoms with Gasteiger partial charge in [0.1, 0.15) is 11.6 Å². The molecule has 664 valence electrons. The molecule has 0 spiro atoms. The first kappa shape index (κ1) is 87.3. The second kappa shape index (κ2) is 38.8. The fourth-order valence-electron chi connectivity index (χ4n) is 20.3. The Bertz CT molecular complexity index is 9070. The maximum Gasteiger partial charge on any atom is 3.00 e. The maximum absolute atomic E-state index is 5.07. The summed E-state index contributed by atoms with van der Waals surface area (Å²) in [6.45, 7) is 2.17. The Balaban J connectivity index is 0.000000112. The molecule has 0 radical (unpaired) electrons. The van der Waals surface area contributed by atoms with Gasteiger partial charge in [-0.1, -0.05) is 353 Å². The molecule has 5 heterocycles. The summed E-state index contributed by atoms with van der Waals surface area (Å²) < 4.78 is 4.56. The SMILES string of the molecule is CCc1nc2ccccc2n1-c1ccc(-c2c3ccccc3c(-c3ccc(-c4ccccc4)cc3)c3ccccc23)cc1.[Ir+3].[c-]1cccc2ccc3cccnc3c12.[c-]1cccc2ccc3cccnc3c12.[c-]1cccc2ccc3cccnc3c12.c1ccc(-c2nc3ccccc3n2-c2ccc(-c3ccc4c(-c5ccc6ccccc6c5)c5ccccc5c(-c5ccc6ccccc6c5)c4c3)cc2)cc1. The fraction of sp³-hybridized carbons (Fsp3) is 0.0150. The second-order valence-electron chi connectivity index (χ2n) is 35.2. The van der Waals surface area contributed by atoms with Gasteiger partial charge in [-0.15, -0.1) is 105 Å². The minimum Gasteiger partial charge on any atom is -0.304 e. The van der Waals surface area contributed by atoms with E-state index in [0.717, 1.165) is 89.8 Å². The Morgan fingerprint density at radius 3 is 0.979 bits per heavy atom. The van der Waals surface area contributed by atoms with Crippen LogP contribution < -0.4 is 0 Å². The van der Waals surface area contributed by atoms with Crippen molar-refractivity contribution in [2.45, 2.75) is 13.3 Å². The monoisotopic (exact) mass is 1980 g/mol. The molecule has 0 unspecified atom stereocenters. The molecule has 0 aliphatic heterocycles. The van der Waals surface area contributed by atoms with E-state index < -0.39 is 0 Å². The standard InChI is InChI=1S/C53H34N2.C41H30N2.3C13H8N.Ir/c1-2-14-38(15-3-1)53-54-49-20-10-11-21-50(49)55(53)44-29-26-37(27-30-44)41-28-31-47-48(34-41)52(43-25-23-36-13-5-7-17-40(36)33-43)46-19-9-8-18-45(46)51(47)42-24-22-35-12-4-6-16-39(35)32-42;1-2-39-42-37-18-10-11-19-38(37)43(39)32-26-24-31(25-27-32)41-35-16-8-6-14-33(35)40(34-15-7-9-17-36(34)41)30-22-20-29(21-23-30)28-12-4-3-5-13-28;3*1-2-6-12-10(4-1)7-8-11-5-3-9-14-13(11)12;/h1-34H;3-27H,2H2,1H3;3*1-5,7-9H;/q;;3*-1;+3. The van der Waals surface area contributed by atoms with E-state index in [9.17, 15) is 0 Å². The number of pyridine rings is 3. The smallest absolute Gasteiger partial charge is 0.304 e. The molecule has 0 aliphatic carbocycles. The topological polar surface area (TPSA) is 74.3 Å². The quantitative estimate of drug-likeness (QED) is 0.0775. The van der Waals surface area contributed by atoms with Crippen molar-refractivity contribution in [2.24, 2.45) is 0 Å². The van der Waals surface area contributed by atoms with E-state index in [1.54, 1.807) is 0 Å². The number of hydrogen-bond donors (Lipinski definition) is 0. The van der Waals surface area contributed by atoms with Gasteiger partial charge in [-0.05, 0) is 249 Å². The molecule has 0 N–H and O–H groups in total. The molecule has 0 amide bonds. The van der Waals surface area contributed by atoms with Gasteiger partial charge < -0.3 is 15.0 Å². The number of hydrogen-bond acceptors (Lipinski definition) is 5. The number of fused-ring (bicyclic) bond motifs is 17. The van der Waals surface area contributed by atoms with Crippen LogP contribution in [0.4, 0.5) is 0 Å². The summed E-state index contributed by atoms with van der Waals surface area (Å²) in [5.41, 5.74) is 25.4. The molecule has 0 atom stereocenters. The number of benzene rings is 23. The van der Waals surface area contributed by atoms with E-state index in [0.29, 0.717) is 0 Å². The molecule has 23 aromatic carbocycles. The first-order chi connectivity index (χ1) is 69.4. The van der Waals surface area contributed by atoms with E-state index in [1.165, 1.54) is 164 Å². The minimum atomic E-state index is 0. The van der Waals surface area contributed by atoms with Crippen LogP contribution in [0.25, 0.3) is 241 Å². The third-order valence-electron chi connectivity index (χ3n) is 26.9. The molecule has 28 rings (SSSR count). The molecular weight excluding hydrogens is 1890 g/mol. The molecule has 8 heteroatoms. The average molecular weight is 1980 g/mol. The van der Waals surface area contributed by atoms with E-state index >= 15 is 0 Å². The van der Waals surface area contributed by atoms with Gasteiger partial charge in [0.2, 0.25) is 0 Å². The van der Waals surface area contributed by atoms with E-state index in [2.05, 4.69) is 474 Å². The maximum atomic E-state index is 5.07. The summed E-state index contributed by atoms with van der Waals surface area (Å²) in [6, 6.07) is 182. The molecule has 7 nitrogen and oxygen atoms in total. The third-order valence-corrected chi connectivity index (χ3v) is 26.9. The summed E-state index contributed by atoms with van der Waals surface area (Å²) in [4.78, 5) is 23.1. The first-order valence-electron chi connectivity index (χ1n) is 47.6. The molecule has 0 bridgehead atoms. The van der Waals surface area contributed by atoms with Gasteiger partial charge in [0.25, 0.3) is 0 Å². The van der Waals surface area contributed by atoms with Gasteiger partial charge in [-0.3, -0.25) is 9.13 Å². The molecule has 28 aromatic rings. The van der Waals surface area contributed by atoms with Crippen molar-refractivity contribution in [1.82, 2.24) is 34.1 Å². The van der Waals surface area contributed by atoms with Crippen LogP contribution in [0.2, 0.25) is 0 Å². The largest absolute Gasteiger partial charge is 3.00 e. The first-order valence-corrected chi connectivity index (χ1v) is 47.6. The van der Waals surface area contributed by atoms with E-state index in [-0.39, 0.29) is 20.1 Å². The van der Waals surface area contributed by atoms with Gasteiger partial charge in [0.15, 0.2) is 0 Å². The van der Waals surface area contributed by atoms with Gasteiger partial charge in [-0.2, -0.15) is 0 Å². The molecule has 0 aliphatic rings. The summed E-state index contributed by atoms with van der Waals surface area (Å²) in [6.07, 6.45) is 6.34. The molecule has 5 aromatic heterocycles. The number of aryl methyl sites for hydroxylation is 1. The number of para-hydroxylation sites is 4. The normalized spacial score (nSPS) is 11.3. The molecular formula is C133H88IrN7. The summed E-state index contributed by atoms with van der Waals surface area (Å²) in [7, 11) is 0. The van der Waals surface area contributed by atoms with Crippen LogP contribution in [-0.2, 0) is 26.5 Å². The summed E-state index contributed by atoms with van der Waals surface area (Å²) in [5.74, 6) is 2.01. The van der Waals surface area contributed by atoms with Crippen LogP contribution in [0.5, 0.6) is 0 Å². The van der Waals surface area contributed by atoms with Crippen molar-refractivity contribution < 1.29 is 20.1 Å². The zero-order valence-corrected chi connectivity index (χ0v) is 79.5. The van der Waals surface area contributed by atoms with E-state index in [1.807, 2.05) is 79.3 Å². The Morgan fingerprint density at radius 1 is 0.213 bits per heavy atom. The summed E-state index contributed by atoms with van der Waals surface area (Å²) in [5, 5.41) is 25.4. The zero-order valence-electron chi connectivity index (χ0n) is 77.1. The van der Waals surface area contributed by atoms with Crippen LogP contribution in [0.1, 0.15) is 12.7 Å². The Kier molecular flexibility index (Phi) is 24.0. The zero-order chi connectivity index (χ0) is 93.2. The van der Waals surface area contributed by atoms with Gasteiger partial charge in [0.05, 0.1) is 22.1 Å². The third kappa shape index (κ3) is 16.9. The van der Waals surface area contributed by atoms with Crippen molar-refractivity contribution in [2.75, 3.05) is 0 Å². The van der Waals surface area contributed by atoms with Crippen molar-refractivity contribution in [3.05, 3.63) is 528 Å². The van der Waals surface area contributed by atoms with Gasteiger partial charge in [0, 0.05) is 41.9 Å². The average Bonchev–Trinajstić information content (AvgIpc) is 1.53. The van der Waals surface area contributed by atoms with Crippen molar-refractivity contribution in [3.63, 3.8) is 0 Å². The molecule has 0 fully saturated rings. The van der Waals surface area contributed by atoms with Crippen LogP contribution in [-0.4, -0.2) is 34.1 Å². The molecule has 0 saturated carbocycles.